The number of hydrogen-bond acceptors (Lipinski definition) is 2. The maximum absolute atomic E-state index is 12.2. The van der Waals surface area contributed by atoms with Crippen LogP contribution in [-0.2, 0) is 0 Å². The molecule has 0 aliphatic carbocycles. The third-order valence-electron chi connectivity index (χ3n) is 3.19. The lowest BCUT2D eigenvalue weighted by atomic mass is 9.95. The largest absolute Gasteiger partial charge is 0.507 e. The first kappa shape index (κ1) is 15.8. The fraction of sp³-hybridized carbons (Fsp3) is 0.462. The summed E-state index contributed by atoms with van der Waals surface area (Å²) in [6.45, 7) is 4.08. The summed E-state index contributed by atoms with van der Waals surface area (Å²) >= 11 is 5.57. The average molecular weight is 426 g/mol. The summed E-state index contributed by atoms with van der Waals surface area (Å²) in [4.78, 5) is 12.2. The molecule has 100 valence electrons. The van der Waals surface area contributed by atoms with Crippen molar-refractivity contribution in [1.82, 2.24) is 5.32 Å². The van der Waals surface area contributed by atoms with Crippen LogP contribution >= 0.6 is 38.5 Å². The monoisotopic (exact) mass is 425 g/mol. The van der Waals surface area contributed by atoms with Gasteiger partial charge in [-0.1, -0.05) is 29.8 Å². The number of rotatable bonds is 5. The molecule has 3 nitrogen and oxygen atoms in total. The van der Waals surface area contributed by atoms with Crippen LogP contribution in [0.1, 0.15) is 37.0 Å². The van der Waals surface area contributed by atoms with E-state index in [-0.39, 0.29) is 17.2 Å². The Hall–Kier alpha value is -0.300. The first-order valence-electron chi connectivity index (χ1n) is 5.85. The van der Waals surface area contributed by atoms with Gasteiger partial charge in [0.25, 0.3) is 5.91 Å². The molecular formula is C13H17BrINO2. The number of amides is 1. The molecule has 1 amide bonds. The second-order valence-electron chi connectivity index (χ2n) is 4.24. The number of benzene rings is 1. The van der Waals surface area contributed by atoms with Crippen molar-refractivity contribution in [3.8, 4) is 5.75 Å². The Balaban J connectivity index is 2.97. The SMILES string of the molecule is CCC(CC)(CBr)NC(=O)c1cc(I)ccc1O. The van der Waals surface area contributed by atoms with Crippen LogP contribution in [0.4, 0.5) is 0 Å². The number of alkyl halides is 1. The van der Waals surface area contributed by atoms with Crippen molar-refractivity contribution in [2.75, 3.05) is 5.33 Å². The summed E-state index contributed by atoms with van der Waals surface area (Å²) in [5, 5.41) is 13.5. The summed E-state index contributed by atoms with van der Waals surface area (Å²) in [7, 11) is 0. The standard InChI is InChI=1S/C13H17BrINO2/c1-3-13(4-2,8-14)16-12(18)10-7-9(15)5-6-11(10)17/h5-7,17H,3-4,8H2,1-2H3,(H,16,18). The molecule has 18 heavy (non-hydrogen) atoms. The fourth-order valence-corrected chi connectivity index (χ4v) is 3.07. The average Bonchev–Trinajstić information content (AvgIpc) is 2.38. The minimum atomic E-state index is -0.259. The number of aromatic hydroxyl groups is 1. The Morgan fingerprint density at radius 3 is 2.56 bits per heavy atom. The highest BCUT2D eigenvalue weighted by Crippen LogP contribution is 2.23. The van der Waals surface area contributed by atoms with E-state index in [1.807, 2.05) is 13.8 Å². The third kappa shape index (κ3) is 3.60. The number of phenols is 1. The molecule has 0 unspecified atom stereocenters. The fourth-order valence-electron chi connectivity index (χ4n) is 1.65. The van der Waals surface area contributed by atoms with Crippen molar-refractivity contribution < 1.29 is 9.90 Å². The van der Waals surface area contributed by atoms with Crippen molar-refractivity contribution in [3.63, 3.8) is 0 Å². The van der Waals surface area contributed by atoms with E-state index >= 15 is 0 Å². The smallest absolute Gasteiger partial charge is 0.255 e. The normalized spacial score (nSPS) is 11.3. The zero-order chi connectivity index (χ0) is 13.8. The van der Waals surface area contributed by atoms with Gasteiger partial charge in [-0.05, 0) is 53.6 Å². The first-order chi connectivity index (χ1) is 8.48. The minimum absolute atomic E-state index is 0.0172. The molecule has 1 aromatic carbocycles. The Labute approximate surface area is 130 Å². The van der Waals surface area contributed by atoms with Gasteiger partial charge in [-0.25, -0.2) is 0 Å². The highest BCUT2D eigenvalue weighted by Gasteiger charge is 2.28. The van der Waals surface area contributed by atoms with Gasteiger partial charge in [-0.2, -0.15) is 0 Å². The molecule has 0 fully saturated rings. The van der Waals surface area contributed by atoms with Gasteiger partial charge in [-0.15, -0.1) is 0 Å². The van der Waals surface area contributed by atoms with Gasteiger partial charge in [0.05, 0.1) is 5.56 Å². The molecule has 0 spiro atoms. The van der Waals surface area contributed by atoms with Gasteiger partial charge in [0.15, 0.2) is 0 Å². The zero-order valence-electron chi connectivity index (χ0n) is 10.5. The molecular weight excluding hydrogens is 409 g/mol. The van der Waals surface area contributed by atoms with Crippen LogP contribution in [0.3, 0.4) is 0 Å². The van der Waals surface area contributed by atoms with E-state index in [0.717, 1.165) is 16.4 Å². The number of halogens is 2. The molecule has 0 aromatic heterocycles. The van der Waals surface area contributed by atoms with Crippen molar-refractivity contribution in [3.05, 3.63) is 27.3 Å². The summed E-state index contributed by atoms with van der Waals surface area (Å²) < 4.78 is 0.924. The topological polar surface area (TPSA) is 49.3 Å². The van der Waals surface area contributed by atoms with Crippen LogP contribution < -0.4 is 5.32 Å². The number of phenolic OH excluding ortho intramolecular Hbond substituents is 1. The van der Waals surface area contributed by atoms with Crippen LogP contribution in [-0.4, -0.2) is 21.9 Å². The molecule has 0 aliphatic rings. The predicted octanol–water partition coefficient (Wildman–Crippen LogP) is 3.68. The molecule has 0 atom stereocenters. The minimum Gasteiger partial charge on any atom is -0.507 e. The van der Waals surface area contributed by atoms with Crippen LogP contribution in [0.2, 0.25) is 0 Å². The quantitative estimate of drug-likeness (QED) is 0.558. The highest BCUT2D eigenvalue weighted by molar-refractivity contribution is 14.1. The Morgan fingerprint density at radius 1 is 1.44 bits per heavy atom. The molecule has 0 heterocycles. The van der Waals surface area contributed by atoms with Gasteiger partial charge in [0.2, 0.25) is 0 Å². The Morgan fingerprint density at radius 2 is 2.06 bits per heavy atom. The van der Waals surface area contributed by atoms with Crippen molar-refractivity contribution in [1.29, 1.82) is 0 Å². The molecule has 0 radical (unpaired) electrons. The predicted molar refractivity (Wildman–Crippen MR) is 85.4 cm³/mol. The van der Waals surface area contributed by atoms with E-state index in [9.17, 15) is 9.90 Å². The van der Waals surface area contributed by atoms with Gasteiger partial charge in [0, 0.05) is 14.4 Å². The molecule has 5 heteroatoms. The molecule has 1 rings (SSSR count). The van der Waals surface area contributed by atoms with Crippen LogP contribution in [0.15, 0.2) is 18.2 Å². The van der Waals surface area contributed by atoms with E-state index in [1.54, 1.807) is 18.2 Å². The van der Waals surface area contributed by atoms with E-state index in [4.69, 9.17) is 0 Å². The zero-order valence-corrected chi connectivity index (χ0v) is 14.2. The van der Waals surface area contributed by atoms with Gasteiger partial charge >= 0.3 is 0 Å². The number of hydrogen-bond donors (Lipinski definition) is 2. The maximum atomic E-state index is 12.2. The van der Waals surface area contributed by atoms with Gasteiger partial charge in [-0.3, -0.25) is 4.79 Å². The van der Waals surface area contributed by atoms with Crippen molar-refractivity contribution in [2.45, 2.75) is 32.2 Å². The third-order valence-corrected chi connectivity index (χ3v) is 4.94. The summed E-state index contributed by atoms with van der Waals surface area (Å²) in [6, 6.07) is 5.00. The summed E-state index contributed by atoms with van der Waals surface area (Å²) in [5.74, 6) is -0.210. The van der Waals surface area contributed by atoms with E-state index in [1.165, 1.54) is 0 Å². The van der Waals surface area contributed by atoms with Crippen LogP contribution in [0.5, 0.6) is 5.75 Å². The second kappa shape index (κ2) is 6.75. The number of nitrogens with one attached hydrogen (secondary N) is 1. The molecule has 0 bridgehead atoms. The van der Waals surface area contributed by atoms with Crippen LogP contribution in [0, 0.1) is 3.57 Å². The number of carbonyl (C=O) groups excluding carboxylic acids is 1. The highest BCUT2D eigenvalue weighted by atomic mass is 127. The summed E-state index contributed by atoms with van der Waals surface area (Å²) in [5.41, 5.74) is 0.0688. The van der Waals surface area contributed by atoms with Crippen LogP contribution in [0.25, 0.3) is 0 Å². The van der Waals surface area contributed by atoms with E-state index in [0.29, 0.717) is 10.9 Å². The maximum Gasteiger partial charge on any atom is 0.255 e. The summed E-state index contributed by atoms with van der Waals surface area (Å²) in [6.07, 6.45) is 1.68. The first-order valence-corrected chi connectivity index (χ1v) is 8.05. The van der Waals surface area contributed by atoms with Crippen molar-refractivity contribution >= 4 is 44.4 Å². The molecule has 0 saturated carbocycles. The van der Waals surface area contributed by atoms with E-state index in [2.05, 4.69) is 43.8 Å². The molecule has 1 aromatic rings. The second-order valence-corrected chi connectivity index (χ2v) is 6.04. The van der Waals surface area contributed by atoms with Gasteiger partial charge in [0.1, 0.15) is 5.75 Å². The molecule has 0 saturated heterocycles. The van der Waals surface area contributed by atoms with E-state index < -0.39 is 0 Å². The molecule has 2 N–H and O–H groups in total. The lowest BCUT2D eigenvalue weighted by molar-refractivity contribution is 0.0901. The lowest BCUT2D eigenvalue weighted by Gasteiger charge is -2.31. The van der Waals surface area contributed by atoms with Crippen molar-refractivity contribution in [2.24, 2.45) is 0 Å². The number of carbonyl (C=O) groups is 1. The Bertz CT molecular complexity index is 425. The lowest BCUT2D eigenvalue weighted by Crippen LogP contribution is -2.49. The molecule has 0 aliphatic heterocycles. The van der Waals surface area contributed by atoms with Gasteiger partial charge < -0.3 is 10.4 Å². The Kier molecular flexibility index (Phi) is 5.91.